The summed E-state index contributed by atoms with van der Waals surface area (Å²) in [6, 6.07) is 0. The predicted molar refractivity (Wildman–Crippen MR) is 45.9 cm³/mol. The van der Waals surface area contributed by atoms with Crippen molar-refractivity contribution in [1.82, 2.24) is 10.1 Å². The van der Waals surface area contributed by atoms with Gasteiger partial charge in [-0.1, -0.05) is 25.9 Å². The molecule has 72 valence electrons. The molecule has 13 heavy (non-hydrogen) atoms. The highest BCUT2D eigenvalue weighted by atomic mass is 16.5. The van der Waals surface area contributed by atoms with Crippen molar-refractivity contribution in [2.45, 2.75) is 32.6 Å². The number of primary amides is 1. The quantitative estimate of drug-likeness (QED) is 0.719. The van der Waals surface area contributed by atoms with E-state index in [0.717, 1.165) is 0 Å². The summed E-state index contributed by atoms with van der Waals surface area (Å²) < 4.78 is 4.96. The number of nitrogens with zero attached hydrogens (tertiary/aromatic N) is 2. The number of carbonyl (C=O) groups excluding carboxylic acids is 1. The van der Waals surface area contributed by atoms with E-state index >= 15 is 0 Å². The molecule has 0 saturated heterocycles. The molecule has 1 aromatic heterocycles. The summed E-state index contributed by atoms with van der Waals surface area (Å²) in [5.74, 6) is 0.405. The number of aromatic nitrogens is 2. The molecule has 2 N–H and O–H groups in total. The Morgan fingerprint density at radius 1 is 1.54 bits per heavy atom. The van der Waals surface area contributed by atoms with Gasteiger partial charge in [0.15, 0.2) is 5.82 Å². The minimum Gasteiger partial charge on any atom is -0.369 e. The van der Waals surface area contributed by atoms with Crippen LogP contribution in [-0.2, 0) is 16.6 Å². The third kappa shape index (κ3) is 2.54. The number of rotatable bonds is 2. The van der Waals surface area contributed by atoms with Gasteiger partial charge in [0.2, 0.25) is 11.8 Å². The molecule has 0 aliphatic carbocycles. The maximum absolute atomic E-state index is 10.5. The van der Waals surface area contributed by atoms with E-state index in [9.17, 15) is 4.79 Å². The van der Waals surface area contributed by atoms with E-state index in [1.165, 1.54) is 0 Å². The van der Waals surface area contributed by atoms with Crippen LogP contribution in [0, 0.1) is 0 Å². The van der Waals surface area contributed by atoms with Crippen LogP contribution in [0.3, 0.4) is 0 Å². The predicted octanol–water partition coefficient (Wildman–Crippen LogP) is 0.395. The van der Waals surface area contributed by atoms with Crippen molar-refractivity contribution in [3.63, 3.8) is 0 Å². The molecule has 1 aromatic rings. The monoisotopic (exact) mass is 183 g/mol. The van der Waals surface area contributed by atoms with E-state index in [4.69, 9.17) is 10.3 Å². The number of carbonyl (C=O) groups is 1. The van der Waals surface area contributed by atoms with E-state index in [1.54, 1.807) is 0 Å². The van der Waals surface area contributed by atoms with E-state index in [1.807, 2.05) is 20.8 Å². The number of hydrogen-bond donors (Lipinski definition) is 1. The van der Waals surface area contributed by atoms with Crippen LogP contribution in [0.5, 0.6) is 0 Å². The maximum atomic E-state index is 10.5. The van der Waals surface area contributed by atoms with Crippen molar-refractivity contribution >= 4 is 5.91 Å². The highest BCUT2D eigenvalue weighted by molar-refractivity contribution is 5.75. The first kappa shape index (κ1) is 9.70. The summed E-state index contributed by atoms with van der Waals surface area (Å²) in [6.45, 7) is 5.86. The van der Waals surface area contributed by atoms with Crippen molar-refractivity contribution in [3.8, 4) is 0 Å². The van der Waals surface area contributed by atoms with Gasteiger partial charge >= 0.3 is 0 Å². The molecule has 0 bridgehead atoms. The van der Waals surface area contributed by atoms with Gasteiger partial charge in [0, 0.05) is 5.41 Å². The zero-order valence-corrected chi connectivity index (χ0v) is 8.00. The first-order valence-corrected chi connectivity index (χ1v) is 4.01. The van der Waals surface area contributed by atoms with Crippen molar-refractivity contribution in [1.29, 1.82) is 0 Å². The normalized spacial score (nSPS) is 11.6. The minimum absolute atomic E-state index is 0.0274. The molecular formula is C8H13N3O2. The van der Waals surface area contributed by atoms with Gasteiger partial charge < -0.3 is 10.3 Å². The summed E-state index contributed by atoms with van der Waals surface area (Å²) >= 11 is 0. The van der Waals surface area contributed by atoms with Crippen LogP contribution in [-0.4, -0.2) is 16.0 Å². The lowest BCUT2D eigenvalue weighted by atomic mass is 9.97. The van der Waals surface area contributed by atoms with E-state index in [0.29, 0.717) is 11.7 Å². The van der Waals surface area contributed by atoms with Gasteiger partial charge in [-0.25, -0.2) is 0 Å². The van der Waals surface area contributed by atoms with Gasteiger partial charge in [0.1, 0.15) is 0 Å². The fourth-order valence-electron chi connectivity index (χ4n) is 0.786. The zero-order valence-electron chi connectivity index (χ0n) is 8.00. The molecule has 5 heteroatoms. The standard InChI is InChI=1S/C8H13N3O2/c1-8(2,3)7-10-6(11-13-7)4-5(9)12/h4H2,1-3H3,(H2,9,12). The van der Waals surface area contributed by atoms with Gasteiger partial charge in [-0.05, 0) is 0 Å². The minimum atomic E-state index is -0.457. The van der Waals surface area contributed by atoms with Gasteiger partial charge in [-0.2, -0.15) is 4.98 Å². The molecule has 1 amide bonds. The summed E-state index contributed by atoms with van der Waals surface area (Å²) in [5, 5.41) is 3.64. The van der Waals surface area contributed by atoms with Crippen LogP contribution >= 0.6 is 0 Å². The fourth-order valence-corrected chi connectivity index (χ4v) is 0.786. The van der Waals surface area contributed by atoms with Crippen LogP contribution < -0.4 is 5.73 Å². The van der Waals surface area contributed by atoms with Crippen LogP contribution in [0.1, 0.15) is 32.5 Å². The Kier molecular flexibility index (Phi) is 2.36. The smallest absolute Gasteiger partial charge is 0.232 e. The Balaban J connectivity index is 2.81. The number of nitrogens with two attached hydrogens (primary N) is 1. The summed E-state index contributed by atoms with van der Waals surface area (Å²) in [7, 11) is 0. The first-order valence-electron chi connectivity index (χ1n) is 4.01. The van der Waals surface area contributed by atoms with Gasteiger partial charge in [0.05, 0.1) is 6.42 Å². The number of hydrogen-bond acceptors (Lipinski definition) is 4. The summed E-state index contributed by atoms with van der Waals surface area (Å²) in [6.07, 6.45) is 0.0274. The molecule has 0 radical (unpaired) electrons. The van der Waals surface area contributed by atoms with Crippen molar-refractivity contribution < 1.29 is 9.32 Å². The lowest BCUT2D eigenvalue weighted by Crippen LogP contribution is -2.15. The molecule has 0 unspecified atom stereocenters. The zero-order chi connectivity index (χ0) is 10.1. The Labute approximate surface area is 76.3 Å². The van der Waals surface area contributed by atoms with Gasteiger partial charge in [-0.3, -0.25) is 4.79 Å². The lowest BCUT2D eigenvalue weighted by molar-refractivity contribution is -0.117. The fraction of sp³-hybridized carbons (Fsp3) is 0.625. The second-order valence-electron chi connectivity index (χ2n) is 3.91. The molecule has 0 fully saturated rings. The third-order valence-electron chi connectivity index (χ3n) is 1.44. The summed E-state index contributed by atoms with van der Waals surface area (Å²) in [4.78, 5) is 14.6. The Hall–Kier alpha value is -1.39. The maximum Gasteiger partial charge on any atom is 0.232 e. The number of amides is 1. The van der Waals surface area contributed by atoms with E-state index in [-0.39, 0.29) is 11.8 Å². The topological polar surface area (TPSA) is 82.0 Å². The van der Waals surface area contributed by atoms with Crippen LogP contribution in [0.15, 0.2) is 4.52 Å². The van der Waals surface area contributed by atoms with Crippen LogP contribution in [0.4, 0.5) is 0 Å². The van der Waals surface area contributed by atoms with Crippen LogP contribution in [0.2, 0.25) is 0 Å². The van der Waals surface area contributed by atoms with Crippen LogP contribution in [0.25, 0.3) is 0 Å². The highest BCUT2D eigenvalue weighted by Crippen LogP contribution is 2.19. The van der Waals surface area contributed by atoms with E-state index < -0.39 is 5.91 Å². The summed E-state index contributed by atoms with van der Waals surface area (Å²) in [5.41, 5.74) is 4.79. The average Bonchev–Trinajstić information content (AvgIpc) is 2.32. The van der Waals surface area contributed by atoms with Crippen molar-refractivity contribution in [2.75, 3.05) is 0 Å². The van der Waals surface area contributed by atoms with Crippen molar-refractivity contribution in [3.05, 3.63) is 11.7 Å². The SMILES string of the molecule is CC(C)(C)c1nc(CC(N)=O)no1. The molecule has 0 saturated carbocycles. The molecule has 0 atom stereocenters. The van der Waals surface area contributed by atoms with Gasteiger partial charge in [0.25, 0.3) is 0 Å². The van der Waals surface area contributed by atoms with Crippen molar-refractivity contribution in [2.24, 2.45) is 5.73 Å². The third-order valence-corrected chi connectivity index (χ3v) is 1.44. The Morgan fingerprint density at radius 3 is 2.54 bits per heavy atom. The molecule has 5 nitrogen and oxygen atoms in total. The average molecular weight is 183 g/mol. The molecule has 0 spiro atoms. The molecular weight excluding hydrogens is 170 g/mol. The second kappa shape index (κ2) is 3.16. The largest absolute Gasteiger partial charge is 0.369 e. The first-order chi connectivity index (χ1) is 5.89. The molecule has 1 rings (SSSR count). The second-order valence-corrected chi connectivity index (χ2v) is 3.91. The Bertz CT molecular complexity index is 311. The molecule has 0 aliphatic rings. The molecule has 0 aliphatic heterocycles. The Morgan fingerprint density at radius 2 is 2.15 bits per heavy atom. The molecule has 0 aromatic carbocycles. The van der Waals surface area contributed by atoms with Gasteiger partial charge in [-0.15, -0.1) is 0 Å². The van der Waals surface area contributed by atoms with E-state index in [2.05, 4.69) is 10.1 Å². The lowest BCUT2D eigenvalue weighted by Gasteiger charge is -2.10. The highest BCUT2D eigenvalue weighted by Gasteiger charge is 2.21. The molecule has 1 heterocycles.